The summed E-state index contributed by atoms with van der Waals surface area (Å²) in [5.41, 5.74) is 3.35. The number of rotatable bonds is 7. The minimum absolute atomic E-state index is 0.122. The van der Waals surface area contributed by atoms with Crippen molar-refractivity contribution >= 4 is 6.03 Å². The lowest BCUT2D eigenvalue weighted by atomic mass is 10.0. The van der Waals surface area contributed by atoms with E-state index in [1.807, 2.05) is 51.1 Å². The third-order valence-corrected chi connectivity index (χ3v) is 3.82. The first-order valence-corrected chi connectivity index (χ1v) is 8.41. The van der Waals surface area contributed by atoms with Crippen molar-refractivity contribution in [3.63, 3.8) is 0 Å². The number of benzene rings is 2. The van der Waals surface area contributed by atoms with E-state index >= 15 is 0 Å². The van der Waals surface area contributed by atoms with Crippen molar-refractivity contribution in [2.45, 2.75) is 33.2 Å². The second kappa shape index (κ2) is 8.96. The normalized spacial score (nSPS) is 11.6. The maximum atomic E-state index is 12.1. The predicted molar refractivity (Wildman–Crippen MR) is 97.4 cm³/mol. The molecule has 4 heteroatoms. The summed E-state index contributed by atoms with van der Waals surface area (Å²) in [5.74, 6) is 0.820. The van der Waals surface area contributed by atoms with Crippen LogP contribution >= 0.6 is 0 Å². The Bertz CT molecular complexity index is 656. The molecule has 2 aromatic rings. The van der Waals surface area contributed by atoms with Gasteiger partial charge in [-0.15, -0.1) is 0 Å². The van der Waals surface area contributed by atoms with Crippen LogP contribution in [0.3, 0.4) is 0 Å². The predicted octanol–water partition coefficient (Wildman–Crippen LogP) is 4.00. The molecule has 0 saturated heterocycles. The second-order valence-electron chi connectivity index (χ2n) is 5.83. The molecule has 0 aliphatic rings. The number of urea groups is 1. The van der Waals surface area contributed by atoms with E-state index in [9.17, 15) is 4.79 Å². The Hall–Kier alpha value is -2.49. The number of nitrogens with one attached hydrogen (secondary N) is 2. The fourth-order valence-electron chi connectivity index (χ4n) is 2.58. The minimum atomic E-state index is -0.164. The standard InChI is InChI=1S/C20H26N2O2/c1-4-24-19-11-10-15(2)14-18(19)16(3)22-20(23)21-13-12-17-8-6-5-7-9-17/h5-11,14,16H,4,12-13H2,1-3H3,(H2,21,22,23). The van der Waals surface area contributed by atoms with Gasteiger partial charge >= 0.3 is 6.03 Å². The molecule has 2 amide bonds. The molecule has 0 spiro atoms. The van der Waals surface area contributed by atoms with E-state index in [1.54, 1.807) is 0 Å². The molecule has 24 heavy (non-hydrogen) atoms. The van der Waals surface area contributed by atoms with Crippen molar-refractivity contribution in [2.24, 2.45) is 0 Å². The van der Waals surface area contributed by atoms with Crippen molar-refractivity contribution in [1.29, 1.82) is 0 Å². The van der Waals surface area contributed by atoms with Gasteiger partial charge in [-0.05, 0) is 38.8 Å². The third-order valence-electron chi connectivity index (χ3n) is 3.82. The second-order valence-corrected chi connectivity index (χ2v) is 5.83. The summed E-state index contributed by atoms with van der Waals surface area (Å²) in [7, 11) is 0. The number of carbonyl (C=O) groups is 1. The van der Waals surface area contributed by atoms with Crippen LogP contribution in [0.25, 0.3) is 0 Å². The van der Waals surface area contributed by atoms with Crippen LogP contribution in [0.1, 0.15) is 36.6 Å². The molecule has 0 radical (unpaired) electrons. The molecular weight excluding hydrogens is 300 g/mol. The number of amides is 2. The van der Waals surface area contributed by atoms with Gasteiger partial charge in [0.1, 0.15) is 5.75 Å². The fourth-order valence-corrected chi connectivity index (χ4v) is 2.58. The van der Waals surface area contributed by atoms with Crippen molar-refractivity contribution in [3.05, 3.63) is 65.2 Å². The van der Waals surface area contributed by atoms with Crippen LogP contribution in [-0.2, 0) is 6.42 Å². The molecule has 2 N–H and O–H groups in total. The number of hydrogen-bond donors (Lipinski definition) is 2. The zero-order valence-corrected chi connectivity index (χ0v) is 14.6. The fraction of sp³-hybridized carbons (Fsp3) is 0.350. The zero-order valence-electron chi connectivity index (χ0n) is 14.6. The smallest absolute Gasteiger partial charge is 0.315 e. The summed E-state index contributed by atoms with van der Waals surface area (Å²) in [6.07, 6.45) is 0.817. The molecule has 0 bridgehead atoms. The highest BCUT2D eigenvalue weighted by atomic mass is 16.5. The van der Waals surface area contributed by atoms with Crippen molar-refractivity contribution < 1.29 is 9.53 Å². The van der Waals surface area contributed by atoms with Crippen LogP contribution in [-0.4, -0.2) is 19.2 Å². The van der Waals surface area contributed by atoms with Crippen LogP contribution in [0.2, 0.25) is 0 Å². The van der Waals surface area contributed by atoms with Gasteiger partial charge in [0, 0.05) is 12.1 Å². The lowest BCUT2D eigenvalue weighted by Gasteiger charge is -2.19. The van der Waals surface area contributed by atoms with E-state index in [2.05, 4.69) is 28.8 Å². The maximum absolute atomic E-state index is 12.1. The van der Waals surface area contributed by atoms with E-state index in [1.165, 1.54) is 5.56 Å². The van der Waals surface area contributed by atoms with E-state index in [4.69, 9.17) is 4.74 Å². The average molecular weight is 326 g/mol. The van der Waals surface area contributed by atoms with E-state index < -0.39 is 0 Å². The highest BCUT2D eigenvalue weighted by molar-refractivity contribution is 5.74. The van der Waals surface area contributed by atoms with Gasteiger partial charge in [0.05, 0.1) is 12.6 Å². The van der Waals surface area contributed by atoms with E-state index in [0.29, 0.717) is 13.2 Å². The van der Waals surface area contributed by atoms with Crippen LogP contribution in [0.4, 0.5) is 4.79 Å². The van der Waals surface area contributed by atoms with Gasteiger partial charge in [-0.3, -0.25) is 0 Å². The summed E-state index contributed by atoms with van der Waals surface area (Å²) in [5, 5.41) is 5.89. The first kappa shape index (κ1) is 17.9. The molecule has 0 saturated carbocycles. The lowest BCUT2D eigenvalue weighted by Crippen LogP contribution is -2.38. The third kappa shape index (κ3) is 5.30. The molecule has 0 aliphatic heterocycles. The Morgan fingerprint density at radius 2 is 1.92 bits per heavy atom. The van der Waals surface area contributed by atoms with Gasteiger partial charge in [0.15, 0.2) is 0 Å². The largest absolute Gasteiger partial charge is 0.494 e. The Kier molecular flexibility index (Phi) is 6.67. The molecule has 0 aliphatic carbocycles. The molecule has 0 heterocycles. The molecule has 0 aromatic heterocycles. The van der Waals surface area contributed by atoms with Gasteiger partial charge in [-0.2, -0.15) is 0 Å². The first-order chi connectivity index (χ1) is 11.6. The summed E-state index contributed by atoms with van der Waals surface area (Å²) < 4.78 is 5.66. The Morgan fingerprint density at radius 1 is 1.17 bits per heavy atom. The summed E-state index contributed by atoms with van der Waals surface area (Å²) >= 11 is 0. The number of ether oxygens (including phenoxy) is 1. The van der Waals surface area contributed by atoms with Crippen LogP contribution < -0.4 is 15.4 Å². The maximum Gasteiger partial charge on any atom is 0.315 e. The van der Waals surface area contributed by atoms with Gasteiger partial charge in [0.2, 0.25) is 0 Å². The molecule has 2 rings (SSSR count). The lowest BCUT2D eigenvalue weighted by molar-refractivity contribution is 0.237. The summed E-state index contributed by atoms with van der Waals surface area (Å²) in [4.78, 5) is 12.1. The number of hydrogen-bond acceptors (Lipinski definition) is 2. The molecule has 4 nitrogen and oxygen atoms in total. The number of carbonyl (C=O) groups excluding carboxylic acids is 1. The minimum Gasteiger partial charge on any atom is -0.494 e. The van der Waals surface area contributed by atoms with Gasteiger partial charge in [-0.1, -0.05) is 48.0 Å². The van der Waals surface area contributed by atoms with E-state index in [0.717, 1.165) is 23.3 Å². The SMILES string of the molecule is CCOc1ccc(C)cc1C(C)NC(=O)NCCc1ccccc1. The Balaban J connectivity index is 1.88. The zero-order chi connectivity index (χ0) is 17.4. The van der Waals surface area contributed by atoms with Crippen LogP contribution in [0.5, 0.6) is 5.75 Å². The summed E-state index contributed by atoms with van der Waals surface area (Å²) in [6.45, 7) is 7.17. The van der Waals surface area contributed by atoms with Gasteiger partial charge < -0.3 is 15.4 Å². The molecule has 1 atom stereocenters. The first-order valence-electron chi connectivity index (χ1n) is 8.41. The van der Waals surface area contributed by atoms with E-state index in [-0.39, 0.29) is 12.1 Å². The quantitative estimate of drug-likeness (QED) is 0.808. The van der Waals surface area contributed by atoms with Crippen LogP contribution in [0.15, 0.2) is 48.5 Å². The summed E-state index contributed by atoms with van der Waals surface area (Å²) in [6, 6.07) is 15.9. The molecule has 0 fully saturated rings. The number of aryl methyl sites for hydroxylation is 1. The van der Waals surface area contributed by atoms with Gasteiger partial charge in [-0.25, -0.2) is 4.79 Å². The van der Waals surface area contributed by atoms with Crippen molar-refractivity contribution in [3.8, 4) is 5.75 Å². The molecule has 2 aromatic carbocycles. The average Bonchev–Trinajstić information content (AvgIpc) is 2.57. The molecule has 1 unspecified atom stereocenters. The monoisotopic (exact) mass is 326 g/mol. The highest BCUT2D eigenvalue weighted by Crippen LogP contribution is 2.26. The van der Waals surface area contributed by atoms with Crippen molar-refractivity contribution in [2.75, 3.05) is 13.2 Å². The molecular formula is C20H26N2O2. The Labute approximate surface area is 144 Å². The molecule has 128 valence electrons. The Morgan fingerprint density at radius 3 is 2.62 bits per heavy atom. The highest BCUT2D eigenvalue weighted by Gasteiger charge is 2.14. The van der Waals surface area contributed by atoms with Crippen molar-refractivity contribution in [1.82, 2.24) is 10.6 Å². The topological polar surface area (TPSA) is 50.4 Å². The van der Waals surface area contributed by atoms with Crippen LogP contribution in [0, 0.1) is 6.92 Å². The van der Waals surface area contributed by atoms with Gasteiger partial charge in [0.25, 0.3) is 0 Å².